The maximum absolute atomic E-state index is 11.4. The number of hydrogen-bond donors (Lipinski definition) is 0. The largest absolute Gasteiger partial charge is 0.474 e. The lowest BCUT2D eigenvalue weighted by Gasteiger charge is -2.44. The molecule has 2 aromatic rings. The van der Waals surface area contributed by atoms with Crippen molar-refractivity contribution in [1.29, 1.82) is 0 Å². The predicted octanol–water partition coefficient (Wildman–Crippen LogP) is 4.83. The molecule has 0 bridgehead atoms. The van der Waals surface area contributed by atoms with Crippen molar-refractivity contribution in [3.8, 4) is 5.75 Å². The van der Waals surface area contributed by atoms with Gasteiger partial charge >= 0.3 is 5.69 Å². The van der Waals surface area contributed by atoms with Crippen LogP contribution in [-0.4, -0.2) is 10.5 Å². The molecule has 0 radical (unpaired) electrons. The summed E-state index contributed by atoms with van der Waals surface area (Å²) in [7, 11) is 0. The Morgan fingerprint density at radius 2 is 1.88 bits per heavy atom. The van der Waals surface area contributed by atoms with E-state index in [1.807, 2.05) is 24.3 Å². The number of hydrogen-bond acceptors (Lipinski definition) is 3. The number of ether oxygens (including phenoxy) is 1. The molecule has 0 saturated heterocycles. The summed E-state index contributed by atoms with van der Waals surface area (Å²) in [5, 5.41) is 11.4. The van der Waals surface area contributed by atoms with E-state index in [0.29, 0.717) is 5.75 Å². The summed E-state index contributed by atoms with van der Waals surface area (Å²) in [5.74, 6) is 0.477. The molecule has 4 heteroatoms. The van der Waals surface area contributed by atoms with Crippen LogP contribution in [0.4, 0.5) is 5.69 Å². The molecule has 1 aliphatic heterocycles. The van der Waals surface area contributed by atoms with Crippen LogP contribution in [0.1, 0.15) is 43.4 Å². The van der Waals surface area contributed by atoms with Gasteiger partial charge in [-0.3, -0.25) is 10.1 Å². The van der Waals surface area contributed by atoms with E-state index in [9.17, 15) is 10.1 Å². The van der Waals surface area contributed by atoms with E-state index in [0.717, 1.165) is 5.56 Å². The van der Waals surface area contributed by atoms with Crippen molar-refractivity contribution in [1.82, 2.24) is 0 Å². The summed E-state index contributed by atoms with van der Waals surface area (Å²) in [4.78, 5) is 11.1. The van der Waals surface area contributed by atoms with Gasteiger partial charge in [0.25, 0.3) is 0 Å². The highest BCUT2D eigenvalue weighted by Crippen LogP contribution is 2.58. The first-order valence-electron chi connectivity index (χ1n) is 8.13. The van der Waals surface area contributed by atoms with Gasteiger partial charge in [0.1, 0.15) is 5.60 Å². The van der Waals surface area contributed by atoms with Crippen LogP contribution in [-0.2, 0) is 5.41 Å². The molecule has 4 rings (SSSR count). The normalized spacial score (nSPS) is 25.9. The minimum absolute atomic E-state index is 0.0233. The molecule has 2 atom stereocenters. The summed E-state index contributed by atoms with van der Waals surface area (Å²) in [6.07, 6.45) is 4.06. The van der Waals surface area contributed by atoms with Crippen molar-refractivity contribution in [3.05, 3.63) is 75.3 Å². The zero-order chi connectivity index (χ0) is 17.1. The van der Waals surface area contributed by atoms with E-state index in [2.05, 4.69) is 39.0 Å². The summed E-state index contributed by atoms with van der Waals surface area (Å²) < 4.78 is 6.45. The van der Waals surface area contributed by atoms with E-state index < -0.39 is 5.60 Å². The zero-order valence-corrected chi connectivity index (χ0v) is 13.9. The lowest BCUT2D eigenvalue weighted by molar-refractivity contribution is -0.386. The van der Waals surface area contributed by atoms with Gasteiger partial charge in [-0.25, -0.2) is 0 Å². The van der Waals surface area contributed by atoms with E-state index >= 15 is 0 Å². The van der Waals surface area contributed by atoms with Crippen LogP contribution in [0.25, 0.3) is 6.08 Å². The average molecular weight is 321 g/mol. The highest BCUT2D eigenvalue weighted by atomic mass is 16.6. The van der Waals surface area contributed by atoms with Crippen LogP contribution in [0.3, 0.4) is 0 Å². The summed E-state index contributed by atoms with van der Waals surface area (Å²) in [6, 6.07) is 13.4. The summed E-state index contributed by atoms with van der Waals surface area (Å²) in [6.45, 7) is 6.44. The summed E-state index contributed by atoms with van der Waals surface area (Å²) in [5.41, 5.74) is 2.35. The number of rotatable bonds is 1. The number of fused-ring (bicyclic) bond motifs is 2. The molecule has 0 amide bonds. The Balaban J connectivity index is 1.92. The Hall–Kier alpha value is -2.62. The number of nitro benzene ring substituents is 1. The first-order valence-corrected chi connectivity index (χ1v) is 8.13. The van der Waals surface area contributed by atoms with E-state index in [1.54, 1.807) is 6.07 Å². The van der Waals surface area contributed by atoms with Gasteiger partial charge in [0.05, 0.1) is 4.92 Å². The fourth-order valence-electron chi connectivity index (χ4n) is 4.34. The van der Waals surface area contributed by atoms with Gasteiger partial charge in [0, 0.05) is 23.0 Å². The molecule has 4 nitrogen and oxygen atoms in total. The maximum Gasteiger partial charge on any atom is 0.311 e. The molecule has 2 aliphatic rings. The van der Waals surface area contributed by atoms with E-state index in [4.69, 9.17) is 4.74 Å². The molecule has 2 aromatic carbocycles. The van der Waals surface area contributed by atoms with Crippen molar-refractivity contribution < 1.29 is 9.66 Å². The number of para-hydroxylation sites is 1. The molecule has 1 aliphatic carbocycles. The predicted molar refractivity (Wildman–Crippen MR) is 93.4 cm³/mol. The average Bonchev–Trinajstić information content (AvgIpc) is 2.74. The Morgan fingerprint density at radius 3 is 2.58 bits per heavy atom. The quantitative estimate of drug-likeness (QED) is 0.558. The SMILES string of the molecule is CC1c2ccccc2C(C)(C)[C@@]12C=Cc1cccc([N+](=O)[O-])c1O2. The highest BCUT2D eigenvalue weighted by molar-refractivity contribution is 5.70. The molecule has 0 fully saturated rings. The van der Waals surface area contributed by atoms with Crippen molar-refractivity contribution in [2.24, 2.45) is 0 Å². The van der Waals surface area contributed by atoms with Gasteiger partial charge in [-0.05, 0) is 17.2 Å². The fourth-order valence-corrected chi connectivity index (χ4v) is 4.34. The molecule has 0 N–H and O–H groups in total. The lowest BCUT2D eigenvalue weighted by Crippen LogP contribution is -2.51. The number of nitrogens with zero attached hydrogens (tertiary/aromatic N) is 1. The fraction of sp³-hybridized carbons (Fsp3) is 0.300. The third kappa shape index (κ3) is 1.68. The third-order valence-corrected chi connectivity index (χ3v) is 5.72. The Bertz CT molecular complexity index is 884. The smallest absolute Gasteiger partial charge is 0.311 e. The third-order valence-electron chi connectivity index (χ3n) is 5.72. The second-order valence-corrected chi connectivity index (χ2v) is 7.12. The van der Waals surface area contributed by atoms with Crippen LogP contribution < -0.4 is 4.74 Å². The van der Waals surface area contributed by atoms with Gasteiger partial charge in [0.15, 0.2) is 0 Å². The Morgan fingerprint density at radius 1 is 1.12 bits per heavy atom. The lowest BCUT2D eigenvalue weighted by atomic mass is 9.70. The molecule has 1 unspecified atom stereocenters. The van der Waals surface area contributed by atoms with Gasteiger partial charge in [-0.15, -0.1) is 0 Å². The van der Waals surface area contributed by atoms with Crippen molar-refractivity contribution in [3.63, 3.8) is 0 Å². The van der Waals surface area contributed by atoms with Gasteiger partial charge in [-0.1, -0.05) is 63.2 Å². The minimum Gasteiger partial charge on any atom is -0.474 e. The summed E-state index contributed by atoms with van der Waals surface area (Å²) >= 11 is 0. The van der Waals surface area contributed by atoms with Crippen LogP contribution in [0.2, 0.25) is 0 Å². The van der Waals surface area contributed by atoms with Gasteiger partial charge in [-0.2, -0.15) is 0 Å². The van der Waals surface area contributed by atoms with Crippen LogP contribution >= 0.6 is 0 Å². The van der Waals surface area contributed by atoms with E-state index in [-0.39, 0.29) is 21.9 Å². The molecular weight excluding hydrogens is 302 g/mol. The van der Waals surface area contributed by atoms with Crippen molar-refractivity contribution in [2.45, 2.75) is 37.7 Å². The second kappa shape index (κ2) is 4.69. The molecule has 1 heterocycles. The maximum atomic E-state index is 11.4. The Kier molecular flexibility index (Phi) is 2.92. The standard InChI is InChI=1S/C20H19NO3/c1-13-15-8-4-5-9-16(15)19(2,3)20(13)12-11-14-7-6-10-17(21(22)23)18(14)24-20/h4-13H,1-3H3/t13?,20-/m1/s1. The van der Waals surface area contributed by atoms with Crippen molar-refractivity contribution >= 4 is 11.8 Å². The van der Waals surface area contributed by atoms with Gasteiger partial charge in [0.2, 0.25) is 5.75 Å². The van der Waals surface area contributed by atoms with Crippen LogP contribution in [0.15, 0.2) is 48.5 Å². The van der Waals surface area contributed by atoms with Crippen LogP contribution in [0, 0.1) is 10.1 Å². The first kappa shape index (κ1) is 14.9. The molecule has 24 heavy (non-hydrogen) atoms. The molecule has 0 aromatic heterocycles. The highest BCUT2D eigenvalue weighted by Gasteiger charge is 2.58. The molecule has 122 valence electrons. The minimum atomic E-state index is -0.629. The van der Waals surface area contributed by atoms with Crippen LogP contribution in [0.5, 0.6) is 5.75 Å². The van der Waals surface area contributed by atoms with Gasteiger partial charge < -0.3 is 4.74 Å². The Labute approximate surface area is 140 Å². The molecule has 1 spiro atoms. The number of benzene rings is 2. The molecular formula is C20H19NO3. The second-order valence-electron chi connectivity index (χ2n) is 7.12. The van der Waals surface area contributed by atoms with E-state index in [1.165, 1.54) is 17.2 Å². The zero-order valence-electron chi connectivity index (χ0n) is 13.9. The monoisotopic (exact) mass is 321 g/mol. The number of nitro groups is 1. The first-order chi connectivity index (χ1) is 11.4. The molecule has 0 saturated carbocycles. The van der Waals surface area contributed by atoms with Crippen molar-refractivity contribution in [2.75, 3.05) is 0 Å². The topological polar surface area (TPSA) is 52.4 Å².